The van der Waals surface area contributed by atoms with Gasteiger partial charge in [-0.25, -0.2) is 12.7 Å². The predicted molar refractivity (Wildman–Crippen MR) is 111 cm³/mol. The number of carbonyl (C=O) groups is 1. The zero-order valence-corrected chi connectivity index (χ0v) is 17.8. The number of nitrogens with one attached hydrogen (secondary N) is 2. The number of sulfonamides is 1. The van der Waals surface area contributed by atoms with Crippen LogP contribution in [0.15, 0.2) is 53.4 Å². The Balaban J connectivity index is 1.60. The summed E-state index contributed by atoms with van der Waals surface area (Å²) in [6.45, 7) is 1.15. The lowest BCUT2D eigenvalue weighted by atomic mass is 10.2. The molecule has 1 unspecified atom stereocenters. The molecule has 0 aromatic heterocycles. The summed E-state index contributed by atoms with van der Waals surface area (Å²) in [6.07, 6.45) is 2.27. The molecule has 0 radical (unpaired) electrons. The van der Waals surface area contributed by atoms with Gasteiger partial charge < -0.3 is 15.0 Å². The van der Waals surface area contributed by atoms with Gasteiger partial charge in [-0.15, -0.1) is 0 Å². The van der Waals surface area contributed by atoms with Gasteiger partial charge in [0.15, 0.2) is 6.54 Å². The van der Waals surface area contributed by atoms with Crippen molar-refractivity contribution in [3.63, 3.8) is 0 Å². The Morgan fingerprint density at radius 2 is 1.72 bits per heavy atom. The van der Waals surface area contributed by atoms with E-state index in [0.29, 0.717) is 18.3 Å². The third-order valence-electron chi connectivity index (χ3n) is 5.05. The summed E-state index contributed by atoms with van der Waals surface area (Å²) >= 11 is 0. The van der Waals surface area contributed by atoms with Crippen molar-refractivity contribution >= 4 is 21.6 Å². The number of nitrogens with zero attached hydrogens (tertiary/aromatic N) is 1. The van der Waals surface area contributed by atoms with Gasteiger partial charge in [-0.1, -0.05) is 0 Å². The second-order valence-corrected chi connectivity index (χ2v) is 9.65. The lowest BCUT2D eigenvalue weighted by molar-refractivity contribution is -0.916. The molecule has 1 saturated carbocycles. The van der Waals surface area contributed by atoms with Crippen LogP contribution in [0.5, 0.6) is 5.75 Å². The van der Waals surface area contributed by atoms with Crippen molar-refractivity contribution in [1.29, 1.82) is 0 Å². The first-order valence-electron chi connectivity index (χ1n) is 9.59. The molecule has 0 aliphatic heterocycles. The summed E-state index contributed by atoms with van der Waals surface area (Å²) in [5.41, 5.74) is 1.76. The Morgan fingerprint density at radius 3 is 2.24 bits per heavy atom. The fourth-order valence-corrected chi connectivity index (χ4v) is 4.08. The molecular formula is C21H28N3O4S+. The van der Waals surface area contributed by atoms with Crippen LogP contribution < -0.4 is 15.0 Å². The van der Waals surface area contributed by atoms with Crippen molar-refractivity contribution in [2.24, 2.45) is 0 Å². The SMILES string of the molecule is COc1ccc(C[NH+](CC(=O)Nc2ccc(S(=O)(=O)N(C)C)cc2)C2CC2)cc1. The van der Waals surface area contributed by atoms with Crippen LogP contribution in [0.3, 0.4) is 0 Å². The number of benzene rings is 2. The Hall–Kier alpha value is -2.42. The highest BCUT2D eigenvalue weighted by atomic mass is 32.2. The molecule has 3 rings (SSSR count). The maximum absolute atomic E-state index is 12.6. The molecule has 0 saturated heterocycles. The van der Waals surface area contributed by atoms with Crippen LogP contribution in [0.4, 0.5) is 5.69 Å². The number of carbonyl (C=O) groups excluding carboxylic acids is 1. The van der Waals surface area contributed by atoms with Crippen molar-refractivity contribution in [3.05, 3.63) is 54.1 Å². The molecule has 0 heterocycles. The maximum atomic E-state index is 12.6. The van der Waals surface area contributed by atoms with Crippen LogP contribution in [0.25, 0.3) is 0 Å². The van der Waals surface area contributed by atoms with Crippen LogP contribution in [0.2, 0.25) is 0 Å². The molecule has 1 aliphatic carbocycles. The average Bonchev–Trinajstić information content (AvgIpc) is 3.53. The number of rotatable bonds is 9. The van der Waals surface area contributed by atoms with Gasteiger partial charge in [0.05, 0.1) is 18.0 Å². The third-order valence-corrected chi connectivity index (χ3v) is 6.88. The lowest BCUT2D eigenvalue weighted by Gasteiger charge is -2.19. The second-order valence-electron chi connectivity index (χ2n) is 7.49. The molecule has 29 heavy (non-hydrogen) atoms. The van der Waals surface area contributed by atoms with Crippen molar-refractivity contribution in [2.75, 3.05) is 33.1 Å². The van der Waals surface area contributed by atoms with Crippen molar-refractivity contribution < 1.29 is 22.8 Å². The van der Waals surface area contributed by atoms with Gasteiger partial charge in [0.2, 0.25) is 10.0 Å². The molecule has 2 aromatic rings. The zero-order valence-electron chi connectivity index (χ0n) is 17.0. The van der Waals surface area contributed by atoms with Gasteiger partial charge in [-0.2, -0.15) is 0 Å². The molecule has 2 N–H and O–H groups in total. The maximum Gasteiger partial charge on any atom is 0.279 e. The lowest BCUT2D eigenvalue weighted by Crippen LogP contribution is -3.13. The van der Waals surface area contributed by atoms with E-state index in [2.05, 4.69) is 5.32 Å². The number of quaternary nitrogens is 1. The van der Waals surface area contributed by atoms with Gasteiger partial charge in [0, 0.05) is 38.2 Å². The van der Waals surface area contributed by atoms with E-state index in [9.17, 15) is 13.2 Å². The number of ether oxygens (including phenoxy) is 1. The van der Waals surface area contributed by atoms with Gasteiger partial charge >= 0.3 is 0 Å². The molecule has 8 heteroatoms. The standard InChI is InChI=1S/C21H27N3O4S/c1-23(2)29(26,27)20-12-6-17(7-13-20)22-21(25)15-24(18-8-9-18)14-16-4-10-19(28-3)11-5-16/h4-7,10-13,18H,8-9,14-15H2,1-3H3,(H,22,25)/p+1. The molecular weight excluding hydrogens is 390 g/mol. The molecule has 156 valence electrons. The van der Waals surface area contributed by atoms with Crippen LogP contribution in [0, 0.1) is 0 Å². The Morgan fingerprint density at radius 1 is 1.10 bits per heavy atom. The quantitative estimate of drug-likeness (QED) is 0.640. The van der Waals surface area contributed by atoms with Crippen LogP contribution in [0.1, 0.15) is 18.4 Å². The first kappa shape index (κ1) is 21.3. The number of amides is 1. The van der Waals surface area contributed by atoms with E-state index in [1.165, 1.54) is 36.7 Å². The topological polar surface area (TPSA) is 80.1 Å². The second kappa shape index (κ2) is 8.94. The van der Waals surface area contributed by atoms with Gasteiger partial charge in [-0.3, -0.25) is 4.79 Å². The highest BCUT2D eigenvalue weighted by Crippen LogP contribution is 2.18. The summed E-state index contributed by atoms with van der Waals surface area (Å²) in [5.74, 6) is 0.739. The smallest absolute Gasteiger partial charge is 0.279 e. The van der Waals surface area contributed by atoms with Crippen LogP contribution in [-0.4, -0.2) is 52.4 Å². The molecule has 1 aliphatic rings. The largest absolute Gasteiger partial charge is 0.497 e. The van der Waals surface area contributed by atoms with Crippen molar-refractivity contribution in [2.45, 2.75) is 30.3 Å². The molecule has 1 atom stereocenters. The summed E-state index contributed by atoms with van der Waals surface area (Å²) in [6, 6.07) is 14.7. The molecule has 7 nitrogen and oxygen atoms in total. The number of hydrogen-bond donors (Lipinski definition) is 2. The average molecular weight is 419 g/mol. The summed E-state index contributed by atoms with van der Waals surface area (Å²) in [5, 5.41) is 2.88. The molecule has 0 bridgehead atoms. The van der Waals surface area contributed by atoms with Crippen molar-refractivity contribution in [1.82, 2.24) is 4.31 Å². The monoisotopic (exact) mass is 418 g/mol. The van der Waals surface area contributed by atoms with E-state index in [1.54, 1.807) is 19.2 Å². The van der Waals surface area contributed by atoms with Gasteiger partial charge in [0.1, 0.15) is 12.3 Å². The third kappa shape index (κ3) is 5.56. The molecule has 1 amide bonds. The minimum absolute atomic E-state index is 0.0800. The molecule has 2 aromatic carbocycles. The summed E-state index contributed by atoms with van der Waals surface area (Å²) < 4.78 is 30.6. The van der Waals surface area contributed by atoms with Crippen molar-refractivity contribution in [3.8, 4) is 5.75 Å². The normalized spacial score (nSPS) is 15.2. The molecule has 0 spiro atoms. The number of hydrogen-bond acceptors (Lipinski definition) is 4. The van der Waals surface area contributed by atoms with E-state index >= 15 is 0 Å². The molecule has 1 fully saturated rings. The first-order valence-corrected chi connectivity index (χ1v) is 11.0. The fourth-order valence-electron chi connectivity index (χ4n) is 3.18. The van der Waals surface area contributed by atoms with E-state index < -0.39 is 10.0 Å². The summed E-state index contributed by atoms with van der Waals surface area (Å²) in [7, 11) is 1.14. The minimum Gasteiger partial charge on any atom is -0.497 e. The summed E-state index contributed by atoms with van der Waals surface area (Å²) in [4.78, 5) is 14.0. The first-order chi connectivity index (χ1) is 13.8. The van der Waals surface area contributed by atoms with E-state index in [1.807, 2.05) is 24.3 Å². The van der Waals surface area contributed by atoms with Crippen LogP contribution >= 0.6 is 0 Å². The Bertz CT molecular complexity index is 937. The number of anilines is 1. The predicted octanol–water partition coefficient (Wildman–Crippen LogP) is 1.13. The van der Waals surface area contributed by atoms with E-state index in [4.69, 9.17) is 4.74 Å². The highest BCUT2D eigenvalue weighted by molar-refractivity contribution is 7.89. The minimum atomic E-state index is -3.48. The van der Waals surface area contributed by atoms with Gasteiger partial charge in [-0.05, 0) is 48.5 Å². The Labute approximate surface area is 172 Å². The Kier molecular flexibility index (Phi) is 6.56. The van der Waals surface area contributed by atoms with Crippen LogP contribution in [-0.2, 0) is 21.4 Å². The highest BCUT2D eigenvalue weighted by Gasteiger charge is 2.34. The number of methoxy groups -OCH3 is 1. The van der Waals surface area contributed by atoms with E-state index in [-0.39, 0.29) is 10.8 Å². The van der Waals surface area contributed by atoms with Gasteiger partial charge in [0.25, 0.3) is 5.91 Å². The van der Waals surface area contributed by atoms with E-state index in [0.717, 1.165) is 29.4 Å². The zero-order chi connectivity index (χ0) is 21.0. The fraction of sp³-hybridized carbons (Fsp3) is 0.381.